The maximum atomic E-state index is 11.1. The van der Waals surface area contributed by atoms with Gasteiger partial charge in [0.25, 0.3) is 0 Å². The predicted octanol–water partition coefficient (Wildman–Crippen LogP) is 3.00. The number of hydrogen-bond donors (Lipinski definition) is 0. The summed E-state index contributed by atoms with van der Waals surface area (Å²) in [6, 6.07) is 9.65. The van der Waals surface area contributed by atoms with Crippen molar-refractivity contribution in [3.63, 3.8) is 0 Å². The van der Waals surface area contributed by atoms with E-state index in [1.165, 1.54) is 0 Å². The first-order valence-electron chi connectivity index (χ1n) is 6.12. The number of carbonyl (C=O) groups is 2. The number of aldehydes is 1. The summed E-state index contributed by atoms with van der Waals surface area (Å²) in [5.41, 5.74) is 1.70. The number of benzene rings is 1. The van der Waals surface area contributed by atoms with E-state index >= 15 is 0 Å². The van der Waals surface area contributed by atoms with Gasteiger partial charge in [0.2, 0.25) is 0 Å². The summed E-state index contributed by atoms with van der Waals surface area (Å²) in [6.07, 6.45) is 4.28. The summed E-state index contributed by atoms with van der Waals surface area (Å²) in [5, 5.41) is 0. The molecule has 3 nitrogen and oxygen atoms in total. The minimum Gasteiger partial charge on any atom is -0.466 e. The van der Waals surface area contributed by atoms with E-state index in [-0.39, 0.29) is 5.97 Å². The average molecular weight is 246 g/mol. The highest BCUT2D eigenvalue weighted by molar-refractivity contribution is 5.81. The first-order valence-corrected chi connectivity index (χ1v) is 6.12. The van der Waals surface area contributed by atoms with Crippen molar-refractivity contribution in [3.8, 4) is 0 Å². The number of allylic oxidation sites excluding steroid dienone is 1. The molecule has 96 valence electrons. The van der Waals surface area contributed by atoms with Crippen molar-refractivity contribution in [1.29, 1.82) is 0 Å². The summed E-state index contributed by atoms with van der Waals surface area (Å²) < 4.78 is 4.83. The number of ether oxygens (including phenoxy) is 1. The van der Waals surface area contributed by atoms with Crippen LogP contribution in [-0.2, 0) is 14.3 Å². The maximum Gasteiger partial charge on any atom is 0.305 e. The van der Waals surface area contributed by atoms with E-state index in [1.807, 2.05) is 36.4 Å². The van der Waals surface area contributed by atoms with E-state index < -0.39 is 0 Å². The standard InChI is InChI=1S/C15H18O3/c1-2-18-15(17)10-6-9-14(12-16)11-13-7-4-3-5-8-13/h3-5,7-8,11-12H,2,6,9-10H2,1H3/b14-11+. The molecule has 1 aromatic rings. The van der Waals surface area contributed by atoms with Crippen molar-refractivity contribution in [2.75, 3.05) is 6.61 Å². The Bertz CT molecular complexity index is 407. The molecule has 0 fully saturated rings. The molecule has 1 rings (SSSR count). The van der Waals surface area contributed by atoms with Crippen LogP contribution in [0, 0.1) is 0 Å². The molecule has 0 aliphatic carbocycles. The molecule has 0 aliphatic rings. The molecule has 0 spiro atoms. The average Bonchev–Trinajstić information content (AvgIpc) is 2.39. The highest BCUT2D eigenvalue weighted by atomic mass is 16.5. The van der Waals surface area contributed by atoms with E-state index in [4.69, 9.17) is 4.74 Å². The highest BCUT2D eigenvalue weighted by Crippen LogP contribution is 2.11. The molecule has 18 heavy (non-hydrogen) atoms. The van der Waals surface area contributed by atoms with Gasteiger partial charge in [0.1, 0.15) is 6.29 Å². The molecule has 3 heteroatoms. The van der Waals surface area contributed by atoms with Crippen LogP contribution in [0.15, 0.2) is 35.9 Å². The molecule has 0 unspecified atom stereocenters. The zero-order valence-electron chi connectivity index (χ0n) is 10.6. The fraction of sp³-hybridized carbons (Fsp3) is 0.333. The van der Waals surface area contributed by atoms with Gasteiger partial charge in [-0.2, -0.15) is 0 Å². The Labute approximate surface area is 107 Å². The molecule has 0 atom stereocenters. The first kappa shape index (κ1) is 14.2. The van der Waals surface area contributed by atoms with Gasteiger partial charge >= 0.3 is 5.97 Å². The van der Waals surface area contributed by atoms with Gasteiger partial charge < -0.3 is 4.74 Å². The molecule has 0 N–H and O–H groups in total. The lowest BCUT2D eigenvalue weighted by molar-refractivity contribution is -0.143. The third-order valence-electron chi connectivity index (χ3n) is 2.45. The predicted molar refractivity (Wildman–Crippen MR) is 71.0 cm³/mol. The monoisotopic (exact) mass is 246 g/mol. The smallest absolute Gasteiger partial charge is 0.305 e. The number of esters is 1. The Hall–Kier alpha value is -1.90. The van der Waals surface area contributed by atoms with Gasteiger partial charge in [-0.25, -0.2) is 0 Å². The first-order chi connectivity index (χ1) is 8.76. The summed E-state index contributed by atoms with van der Waals surface area (Å²) in [5.74, 6) is -0.206. The van der Waals surface area contributed by atoms with Crippen LogP contribution in [0.4, 0.5) is 0 Å². The van der Waals surface area contributed by atoms with Crippen molar-refractivity contribution in [1.82, 2.24) is 0 Å². The molecule has 1 aromatic carbocycles. The zero-order valence-corrected chi connectivity index (χ0v) is 10.6. The molecule has 0 heterocycles. The number of hydrogen-bond acceptors (Lipinski definition) is 3. The molecule has 0 saturated heterocycles. The van der Waals surface area contributed by atoms with Gasteiger partial charge in [-0.15, -0.1) is 0 Å². The van der Waals surface area contributed by atoms with Crippen LogP contribution in [0.3, 0.4) is 0 Å². The van der Waals surface area contributed by atoms with Crippen LogP contribution in [0.2, 0.25) is 0 Å². The van der Waals surface area contributed by atoms with Crippen molar-refractivity contribution in [2.45, 2.75) is 26.2 Å². The third kappa shape index (κ3) is 5.43. The summed E-state index contributed by atoms with van der Waals surface area (Å²) >= 11 is 0. The molecule has 0 amide bonds. The minimum atomic E-state index is -0.206. The van der Waals surface area contributed by atoms with Crippen molar-refractivity contribution < 1.29 is 14.3 Å². The van der Waals surface area contributed by atoms with E-state index in [2.05, 4.69) is 0 Å². The Morgan fingerprint density at radius 3 is 2.56 bits per heavy atom. The normalized spacial score (nSPS) is 11.1. The summed E-state index contributed by atoms with van der Waals surface area (Å²) in [6.45, 7) is 2.18. The molecule has 0 radical (unpaired) electrons. The molecule has 0 saturated carbocycles. The molecular formula is C15H18O3. The molecule has 0 aromatic heterocycles. The van der Waals surface area contributed by atoms with Gasteiger partial charge in [0.15, 0.2) is 0 Å². The van der Waals surface area contributed by atoms with Gasteiger partial charge in [-0.05, 0) is 37.0 Å². The van der Waals surface area contributed by atoms with Crippen molar-refractivity contribution in [3.05, 3.63) is 41.5 Å². The Morgan fingerprint density at radius 1 is 1.22 bits per heavy atom. The fourth-order valence-electron chi connectivity index (χ4n) is 1.60. The minimum absolute atomic E-state index is 0.206. The second kappa shape index (κ2) is 8.23. The lowest BCUT2D eigenvalue weighted by Crippen LogP contribution is -2.03. The highest BCUT2D eigenvalue weighted by Gasteiger charge is 2.03. The van der Waals surface area contributed by atoms with Crippen LogP contribution in [0.1, 0.15) is 31.7 Å². The van der Waals surface area contributed by atoms with E-state index in [0.29, 0.717) is 31.4 Å². The van der Waals surface area contributed by atoms with Crippen LogP contribution >= 0.6 is 0 Å². The molecular weight excluding hydrogens is 228 g/mol. The van der Waals surface area contributed by atoms with Gasteiger partial charge in [-0.1, -0.05) is 30.3 Å². The fourth-order valence-corrected chi connectivity index (χ4v) is 1.60. The largest absolute Gasteiger partial charge is 0.466 e. The second-order valence-corrected chi connectivity index (χ2v) is 3.91. The topological polar surface area (TPSA) is 43.4 Å². The second-order valence-electron chi connectivity index (χ2n) is 3.91. The van der Waals surface area contributed by atoms with E-state index in [1.54, 1.807) is 6.92 Å². The van der Waals surface area contributed by atoms with Gasteiger partial charge in [-0.3, -0.25) is 9.59 Å². The van der Waals surface area contributed by atoms with Crippen LogP contribution < -0.4 is 0 Å². The molecule has 0 aliphatic heterocycles. The summed E-state index contributed by atoms with van der Waals surface area (Å²) in [4.78, 5) is 22.1. The quantitative estimate of drug-likeness (QED) is 0.422. The Morgan fingerprint density at radius 2 is 1.94 bits per heavy atom. The third-order valence-corrected chi connectivity index (χ3v) is 2.45. The lowest BCUT2D eigenvalue weighted by atomic mass is 10.1. The zero-order chi connectivity index (χ0) is 13.2. The van der Waals surface area contributed by atoms with Gasteiger partial charge in [0.05, 0.1) is 6.61 Å². The van der Waals surface area contributed by atoms with Crippen molar-refractivity contribution >= 4 is 18.3 Å². The Balaban J connectivity index is 2.45. The van der Waals surface area contributed by atoms with E-state index in [0.717, 1.165) is 11.8 Å². The van der Waals surface area contributed by atoms with Crippen LogP contribution in [-0.4, -0.2) is 18.9 Å². The SMILES string of the molecule is CCOC(=O)CCC/C(C=O)=C\c1ccccc1. The maximum absolute atomic E-state index is 11.1. The molecule has 0 bridgehead atoms. The van der Waals surface area contributed by atoms with E-state index in [9.17, 15) is 9.59 Å². The number of carbonyl (C=O) groups excluding carboxylic acids is 2. The number of rotatable bonds is 7. The van der Waals surface area contributed by atoms with Gasteiger partial charge in [0, 0.05) is 6.42 Å². The Kier molecular flexibility index (Phi) is 6.47. The van der Waals surface area contributed by atoms with Crippen molar-refractivity contribution in [2.24, 2.45) is 0 Å². The van der Waals surface area contributed by atoms with Crippen LogP contribution in [0.5, 0.6) is 0 Å². The van der Waals surface area contributed by atoms with Crippen LogP contribution in [0.25, 0.3) is 6.08 Å². The lowest BCUT2D eigenvalue weighted by Gasteiger charge is -2.02. The summed E-state index contributed by atoms with van der Waals surface area (Å²) in [7, 11) is 0.